The fraction of sp³-hybridized carbons (Fsp3) is 1.00. The third-order valence-electron chi connectivity index (χ3n) is 1.66. The first-order valence-electron chi connectivity index (χ1n) is 4.51. The second kappa shape index (κ2) is 9.70. The Morgan fingerprint density at radius 1 is 1.00 bits per heavy atom. The predicted octanol–water partition coefficient (Wildman–Crippen LogP) is 0.857. The molecule has 0 saturated carbocycles. The standard InChI is InChI=1S/C8H20IN3/c1-10-5-3-7-12(9)8-4-6-11-2/h10-11H,3-8H2,1-2H3. The van der Waals surface area contributed by atoms with E-state index in [0.717, 1.165) is 13.1 Å². The van der Waals surface area contributed by atoms with Gasteiger partial charge in [-0.3, -0.25) is 0 Å². The quantitative estimate of drug-likeness (QED) is 0.393. The molecule has 0 radical (unpaired) electrons. The molecule has 0 aromatic heterocycles. The Balaban J connectivity index is 3.04. The van der Waals surface area contributed by atoms with Crippen molar-refractivity contribution in [3.63, 3.8) is 0 Å². The van der Waals surface area contributed by atoms with Crippen LogP contribution in [0.15, 0.2) is 0 Å². The molecule has 0 fully saturated rings. The van der Waals surface area contributed by atoms with Gasteiger partial charge in [-0.2, -0.15) is 0 Å². The van der Waals surface area contributed by atoms with Gasteiger partial charge in [0.2, 0.25) is 0 Å². The minimum Gasteiger partial charge on any atom is -0.320 e. The first-order valence-corrected chi connectivity index (χ1v) is 5.47. The van der Waals surface area contributed by atoms with E-state index >= 15 is 0 Å². The molecule has 0 rings (SSSR count). The normalized spacial score (nSPS) is 11.0. The van der Waals surface area contributed by atoms with E-state index in [4.69, 9.17) is 0 Å². The highest BCUT2D eigenvalue weighted by molar-refractivity contribution is 14.1. The molecule has 2 N–H and O–H groups in total. The van der Waals surface area contributed by atoms with Crippen molar-refractivity contribution in [3.05, 3.63) is 0 Å². The smallest absolute Gasteiger partial charge is 0.0201 e. The maximum absolute atomic E-state index is 3.15. The fourth-order valence-corrected chi connectivity index (χ4v) is 1.65. The molecule has 0 heterocycles. The van der Waals surface area contributed by atoms with E-state index in [1.165, 1.54) is 25.9 Å². The van der Waals surface area contributed by atoms with Crippen LogP contribution in [-0.4, -0.2) is 43.4 Å². The summed E-state index contributed by atoms with van der Waals surface area (Å²) in [6.45, 7) is 4.60. The van der Waals surface area contributed by atoms with Gasteiger partial charge in [-0.05, 0) is 40.0 Å². The van der Waals surface area contributed by atoms with E-state index in [-0.39, 0.29) is 0 Å². The maximum atomic E-state index is 3.15. The van der Waals surface area contributed by atoms with Crippen molar-refractivity contribution < 1.29 is 0 Å². The van der Waals surface area contributed by atoms with Crippen LogP contribution in [0.5, 0.6) is 0 Å². The number of nitrogens with one attached hydrogen (secondary N) is 2. The molecular formula is C8H20IN3. The van der Waals surface area contributed by atoms with Crippen molar-refractivity contribution >= 4 is 22.9 Å². The Kier molecular flexibility index (Phi) is 10.2. The lowest BCUT2D eigenvalue weighted by Gasteiger charge is -2.13. The minimum absolute atomic E-state index is 1.12. The molecule has 3 nitrogen and oxygen atoms in total. The van der Waals surface area contributed by atoms with Gasteiger partial charge in [0.15, 0.2) is 0 Å². The number of rotatable bonds is 8. The van der Waals surface area contributed by atoms with Crippen molar-refractivity contribution in [3.8, 4) is 0 Å². The summed E-state index contributed by atoms with van der Waals surface area (Å²) in [5, 5.41) is 6.30. The minimum atomic E-state index is 1.12. The second-order valence-corrected chi connectivity index (χ2v) is 4.19. The zero-order valence-corrected chi connectivity index (χ0v) is 10.2. The molecule has 0 aliphatic rings. The Bertz CT molecular complexity index is 80.4. The summed E-state index contributed by atoms with van der Waals surface area (Å²) in [6.07, 6.45) is 2.47. The van der Waals surface area contributed by atoms with Crippen LogP contribution >= 0.6 is 22.9 Å². The summed E-state index contributed by atoms with van der Waals surface area (Å²) in [7, 11) is 4.00. The van der Waals surface area contributed by atoms with Crippen LogP contribution in [0.4, 0.5) is 0 Å². The van der Waals surface area contributed by atoms with Crippen molar-refractivity contribution in [1.29, 1.82) is 0 Å². The maximum Gasteiger partial charge on any atom is 0.0201 e. The van der Waals surface area contributed by atoms with Crippen LogP contribution in [0.3, 0.4) is 0 Å². The van der Waals surface area contributed by atoms with Gasteiger partial charge in [0.25, 0.3) is 0 Å². The predicted molar refractivity (Wildman–Crippen MR) is 62.7 cm³/mol. The van der Waals surface area contributed by atoms with Gasteiger partial charge in [0, 0.05) is 36.0 Å². The molecule has 0 spiro atoms. The molecule has 0 unspecified atom stereocenters. The van der Waals surface area contributed by atoms with Crippen molar-refractivity contribution in [1.82, 2.24) is 13.7 Å². The third-order valence-corrected chi connectivity index (χ3v) is 2.62. The molecule has 0 amide bonds. The molecule has 4 heteroatoms. The number of hydrogen-bond donors (Lipinski definition) is 2. The van der Waals surface area contributed by atoms with Gasteiger partial charge in [0.1, 0.15) is 0 Å². The Morgan fingerprint density at radius 2 is 1.42 bits per heavy atom. The molecular weight excluding hydrogens is 265 g/mol. The number of nitrogens with zero attached hydrogens (tertiary/aromatic N) is 1. The molecule has 0 aliphatic heterocycles. The van der Waals surface area contributed by atoms with Gasteiger partial charge in [-0.15, -0.1) is 0 Å². The SMILES string of the molecule is CNCCCN(I)CCCNC. The fourth-order valence-electron chi connectivity index (χ4n) is 0.967. The Labute approximate surface area is 89.8 Å². The molecule has 0 aliphatic carbocycles. The van der Waals surface area contributed by atoms with Gasteiger partial charge in [-0.25, -0.2) is 3.11 Å². The van der Waals surface area contributed by atoms with Gasteiger partial charge in [0.05, 0.1) is 0 Å². The zero-order chi connectivity index (χ0) is 9.23. The monoisotopic (exact) mass is 285 g/mol. The number of hydrogen-bond acceptors (Lipinski definition) is 3. The zero-order valence-electron chi connectivity index (χ0n) is 8.07. The lowest BCUT2D eigenvalue weighted by Crippen LogP contribution is -2.21. The summed E-state index contributed by atoms with van der Waals surface area (Å²) in [4.78, 5) is 0. The van der Waals surface area contributed by atoms with Crippen LogP contribution in [0.25, 0.3) is 0 Å². The first kappa shape index (κ1) is 12.6. The van der Waals surface area contributed by atoms with Crippen LogP contribution in [0, 0.1) is 0 Å². The average molecular weight is 285 g/mol. The van der Waals surface area contributed by atoms with Crippen LogP contribution < -0.4 is 10.6 Å². The van der Waals surface area contributed by atoms with Crippen LogP contribution in [-0.2, 0) is 0 Å². The third kappa shape index (κ3) is 8.70. The summed E-state index contributed by atoms with van der Waals surface area (Å²) in [6, 6.07) is 0. The van der Waals surface area contributed by atoms with E-state index in [1.54, 1.807) is 0 Å². The lowest BCUT2D eigenvalue weighted by atomic mass is 10.4. The molecule has 0 aromatic carbocycles. The molecule has 0 saturated heterocycles. The van der Waals surface area contributed by atoms with Crippen LogP contribution in [0.2, 0.25) is 0 Å². The number of halogens is 1. The summed E-state index contributed by atoms with van der Waals surface area (Å²) in [5.41, 5.74) is 0. The largest absolute Gasteiger partial charge is 0.320 e. The van der Waals surface area contributed by atoms with E-state index in [1.807, 2.05) is 14.1 Å². The van der Waals surface area contributed by atoms with E-state index in [9.17, 15) is 0 Å². The Morgan fingerprint density at radius 3 is 1.75 bits per heavy atom. The molecule has 12 heavy (non-hydrogen) atoms. The van der Waals surface area contributed by atoms with Gasteiger partial charge >= 0.3 is 0 Å². The summed E-state index contributed by atoms with van der Waals surface area (Å²) >= 11 is 2.40. The van der Waals surface area contributed by atoms with Crippen molar-refractivity contribution in [2.75, 3.05) is 40.3 Å². The lowest BCUT2D eigenvalue weighted by molar-refractivity contribution is 0.473. The van der Waals surface area contributed by atoms with Gasteiger partial charge in [-0.1, -0.05) is 0 Å². The van der Waals surface area contributed by atoms with E-state index < -0.39 is 0 Å². The summed E-state index contributed by atoms with van der Waals surface area (Å²) in [5.74, 6) is 0. The highest BCUT2D eigenvalue weighted by Crippen LogP contribution is 2.00. The van der Waals surface area contributed by atoms with E-state index in [0.29, 0.717) is 0 Å². The molecule has 0 aromatic rings. The molecule has 0 bridgehead atoms. The Hall–Kier alpha value is 0.610. The van der Waals surface area contributed by atoms with Crippen molar-refractivity contribution in [2.45, 2.75) is 12.8 Å². The highest BCUT2D eigenvalue weighted by Gasteiger charge is 1.97. The van der Waals surface area contributed by atoms with Crippen LogP contribution in [0.1, 0.15) is 12.8 Å². The highest BCUT2D eigenvalue weighted by atomic mass is 127. The topological polar surface area (TPSA) is 27.3 Å². The van der Waals surface area contributed by atoms with Crippen molar-refractivity contribution in [2.24, 2.45) is 0 Å². The summed E-state index contributed by atoms with van der Waals surface area (Å²) < 4.78 is 2.35. The average Bonchev–Trinajstić information content (AvgIpc) is 2.06. The van der Waals surface area contributed by atoms with E-state index in [2.05, 4.69) is 36.6 Å². The molecule has 0 atom stereocenters. The second-order valence-electron chi connectivity index (χ2n) is 2.82. The van der Waals surface area contributed by atoms with Gasteiger partial charge < -0.3 is 10.6 Å². The first-order chi connectivity index (χ1) is 5.81. The molecule has 74 valence electrons.